The van der Waals surface area contributed by atoms with Gasteiger partial charge in [0, 0.05) is 16.3 Å². The first-order valence-corrected chi connectivity index (χ1v) is 6.02. The monoisotopic (exact) mass is 246 g/mol. The van der Waals surface area contributed by atoms with Crippen molar-refractivity contribution in [1.82, 2.24) is 0 Å². The molecule has 17 heavy (non-hydrogen) atoms. The summed E-state index contributed by atoms with van der Waals surface area (Å²) in [7, 11) is 0. The molecule has 2 rings (SSSR count). The van der Waals surface area contributed by atoms with Crippen LogP contribution in [0.1, 0.15) is 0 Å². The van der Waals surface area contributed by atoms with Gasteiger partial charge < -0.3 is 9.52 Å². The van der Waals surface area contributed by atoms with Gasteiger partial charge in [-0.15, -0.1) is 11.8 Å². The van der Waals surface area contributed by atoms with Gasteiger partial charge in [0.05, 0.1) is 5.75 Å². The van der Waals surface area contributed by atoms with Crippen LogP contribution in [0.5, 0.6) is 0 Å². The molecule has 86 valence electrons. The third kappa shape index (κ3) is 2.90. The maximum atomic E-state index is 11.3. The van der Waals surface area contributed by atoms with Gasteiger partial charge in [-0.05, 0) is 6.07 Å². The van der Waals surface area contributed by atoms with Gasteiger partial charge in [-0.1, -0.05) is 30.0 Å². The van der Waals surface area contributed by atoms with Crippen LogP contribution in [0.3, 0.4) is 0 Å². The van der Waals surface area contributed by atoms with Crippen LogP contribution in [0.4, 0.5) is 0 Å². The quantitative estimate of drug-likeness (QED) is 0.499. The molecule has 1 N–H and O–H groups in total. The lowest BCUT2D eigenvalue weighted by atomic mass is 10.2. The van der Waals surface area contributed by atoms with Crippen molar-refractivity contribution in [2.24, 2.45) is 0 Å². The number of fused-ring (bicyclic) bond motifs is 1. The van der Waals surface area contributed by atoms with E-state index in [9.17, 15) is 4.79 Å². The van der Waals surface area contributed by atoms with Crippen molar-refractivity contribution in [1.29, 1.82) is 0 Å². The maximum Gasteiger partial charge on any atom is 0.337 e. The molecule has 2 aromatic rings. The summed E-state index contributed by atoms with van der Waals surface area (Å²) in [6.07, 6.45) is 0. The predicted molar refractivity (Wildman–Crippen MR) is 68.1 cm³/mol. The minimum atomic E-state index is -0.360. The Morgan fingerprint density at radius 2 is 2.12 bits per heavy atom. The van der Waals surface area contributed by atoms with Crippen molar-refractivity contribution < 1.29 is 9.52 Å². The molecule has 4 heteroatoms. The molecular formula is C13H10O3S. The summed E-state index contributed by atoms with van der Waals surface area (Å²) in [6, 6.07) is 8.85. The first-order chi connectivity index (χ1) is 8.31. The van der Waals surface area contributed by atoms with E-state index in [1.807, 2.05) is 18.2 Å². The van der Waals surface area contributed by atoms with Gasteiger partial charge in [-0.2, -0.15) is 0 Å². The number of hydrogen-bond acceptors (Lipinski definition) is 4. The number of rotatable bonds is 2. The minimum Gasteiger partial charge on any atom is -0.423 e. The topological polar surface area (TPSA) is 50.4 Å². The number of aliphatic hydroxyl groups is 1. The Labute approximate surface area is 102 Å². The Bertz CT molecular complexity index is 634. The Hall–Kier alpha value is -1.70. The Kier molecular flexibility index (Phi) is 3.86. The smallest absolute Gasteiger partial charge is 0.337 e. The summed E-state index contributed by atoms with van der Waals surface area (Å²) in [5.41, 5.74) is 0.221. The second-order valence-electron chi connectivity index (χ2n) is 3.23. The molecule has 0 radical (unpaired) electrons. The van der Waals surface area contributed by atoms with Crippen LogP contribution in [0.15, 0.2) is 44.4 Å². The number of para-hydroxylation sites is 1. The number of aliphatic hydroxyl groups excluding tert-OH is 1. The molecule has 3 nitrogen and oxygen atoms in total. The molecule has 0 aliphatic rings. The van der Waals surface area contributed by atoms with Crippen molar-refractivity contribution >= 4 is 22.7 Å². The van der Waals surface area contributed by atoms with Crippen LogP contribution in [-0.2, 0) is 0 Å². The van der Waals surface area contributed by atoms with Crippen molar-refractivity contribution in [3.8, 4) is 11.8 Å². The van der Waals surface area contributed by atoms with E-state index in [0.717, 1.165) is 10.3 Å². The lowest BCUT2D eigenvalue weighted by Gasteiger charge is -2.01. The fourth-order valence-corrected chi connectivity index (χ4v) is 2.26. The van der Waals surface area contributed by atoms with Gasteiger partial charge in [0.25, 0.3) is 0 Å². The maximum absolute atomic E-state index is 11.3. The van der Waals surface area contributed by atoms with Crippen LogP contribution in [0.25, 0.3) is 11.0 Å². The highest BCUT2D eigenvalue weighted by Crippen LogP contribution is 2.25. The number of thioether (sulfide) groups is 1. The number of hydrogen-bond donors (Lipinski definition) is 1. The van der Waals surface area contributed by atoms with Crippen LogP contribution in [0.2, 0.25) is 0 Å². The number of benzene rings is 1. The predicted octanol–water partition coefficient (Wildman–Crippen LogP) is 1.88. The van der Waals surface area contributed by atoms with E-state index in [1.165, 1.54) is 17.8 Å². The van der Waals surface area contributed by atoms with E-state index < -0.39 is 0 Å². The Balaban J connectivity index is 2.35. The molecule has 1 aromatic carbocycles. The van der Waals surface area contributed by atoms with Crippen molar-refractivity contribution in [3.63, 3.8) is 0 Å². The van der Waals surface area contributed by atoms with Gasteiger partial charge >= 0.3 is 5.63 Å². The van der Waals surface area contributed by atoms with E-state index in [-0.39, 0.29) is 12.2 Å². The summed E-state index contributed by atoms with van der Waals surface area (Å²) >= 11 is 1.46. The molecule has 0 aliphatic heterocycles. The summed E-state index contributed by atoms with van der Waals surface area (Å²) in [4.78, 5) is 12.2. The highest BCUT2D eigenvalue weighted by molar-refractivity contribution is 7.99. The largest absolute Gasteiger partial charge is 0.423 e. The third-order valence-corrected chi connectivity index (χ3v) is 3.05. The molecule has 1 heterocycles. The van der Waals surface area contributed by atoms with Gasteiger partial charge in [-0.3, -0.25) is 0 Å². The summed E-state index contributed by atoms with van der Waals surface area (Å²) < 4.78 is 5.08. The van der Waals surface area contributed by atoms with Gasteiger partial charge in [-0.25, -0.2) is 4.79 Å². The Morgan fingerprint density at radius 3 is 2.94 bits per heavy atom. The normalized spacial score (nSPS) is 9.94. The molecule has 0 spiro atoms. The average Bonchev–Trinajstić information content (AvgIpc) is 2.34. The summed E-state index contributed by atoms with van der Waals surface area (Å²) in [6.45, 7) is -0.141. The first-order valence-electron chi connectivity index (χ1n) is 5.03. The first kappa shape index (κ1) is 11.8. The average molecular weight is 246 g/mol. The molecule has 0 fully saturated rings. The van der Waals surface area contributed by atoms with Crippen LogP contribution in [0, 0.1) is 11.8 Å². The molecule has 0 bridgehead atoms. The molecule has 0 amide bonds. The van der Waals surface area contributed by atoms with Gasteiger partial charge in [0.2, 0.25) is 0 Å². The van der Waals surface area contributed by atoms with Gasteiger partial charge in [0.15, 0.2) is 0 Å². The molecule has 0 atom stereocenters. The molecule has 0 aliphatic carbocycles. The van der Waals surface area contributed by atoms with E-state index in [2.05, 4.69) is 11.8 Å². The fourth-order valence-electron chi connectivity index (χ4n) is 1.42. The third-order valence-electron chi connectivity index (χ3n) is 2.12. The summed E-state index contributed by atoms with van der Waals surface area (Å²) in [5.74, 6) is 5.90. The van der Waals surface area contributed by atoms with E-state index in [0.29, 0.717) is 11.3 Å². The molecule has 0 saturated carbocycles. The van der Waals surface area contributed by atoms with E-state index in [1.54, 1.807) is 6.07 Å². The SMILES string of the molecule is O=c1cc(SCC#CCO)c2ccccc2o1. The van der Waals surface area contributed by atoms with Crippen LogP contribution in [-0.4, -0.2) is 17.5 Å². The van der Waals surface area contributed by atoms with Crippen molar-refractivity contribution in [2.45, 2.75) is 4.90 Å². The second-order valence-corrected chi connectivity index (χ2v) is 4.24. The second kappa shape index (κ2) is 5.58. The Morgan fingerprint density at radius 1 is 1.29 bits per heavy atom. The minimum absolute atomic E-state index is 0.141. The lowest BCUT2D eigenvalue weighted by molar-refractivity contribution is 0.350. The van der Waals surface area contributed by atoms with Crippen LogP contribution < -0.4 is 5.63 Å². The zero-order chi connectivity index (χ0) is 12.1. The zero-order valence-electron chi connectivity index (χ0n) is 8.97. The highest BCUT2D eigenvalue weighted by Gasteiger charge is 2.04. The molecule has 0 saturated heterocycles. The van der Waals surface area contributed by atoms with Crippen LogP contribution >= 0.6 is 11.8 Å². The standard InChI is InChI=1S/C13H10O3S/c14-7-3-4-8-17-12-9-13(15)16-11-6-2-1-5-10(11)12/h1-2,5-6,9,14H,7-8H2. The molecule has 1 aromatic heterocycles. The van der Waals surface area contributed by atoms with E-state index >= 15 is 0 Å². The zero-order valence-corrected chi connectivity index (χ0v) is 9.79. The fraction of sp³-hybridized carbons (Fsp3) is 0.154. The lowest BCUT2D eigenvalue weighted by Crippen LogP contribution is -1.97. The highest BCUT2D eigenvalue weighted by atomic mass is 32.2. The van der Waals surface area contributed by atoms with Crippen molar-refractivity contribution in [2.75, 3.05) is 12.4 Å². The molecule has 0 unspecified atom stereocenters. The molecular weight excluding hydrogens is 236 g/mol. The van der Waals surface area contributed by atoms with Crippen molar-refractivity contribution in [3.05, 3.63) is 40.8 Å². The van der Waals surface area contributed by atoms with Gasteiger partial charge in [0.1, 0.15) is 12.2 Å². The summed E-state index contributed by atoms with van der Waals surface area (Å²) in [5, 5.41) is 9.44. The van der Waals surface area contributed by atoms with E-state index in [4.69, 9.17) is 9.52 Å².